The molecule has 0 aliphatic heterocycles. The van der Waals surface area contributed by atoms with Gasteiger partial charge in [0.25, 0.3) is 0 Å². The Morgan fingerprint density at radius 1 is 1.50 bits per heavy atom. The second-order valence-corrected chi connectivity index (χ2v) is 3.42. The molecular formula is C8H11Cl2N3O. The molecule has 1 heterocycles. The molecule has 1 rings (SSSR count). The second kappa shape index (κ2) is 5.24. The molecule has 14 heavy (non-hydrogen) atoms. The molecule has 0 aromatic carbocycles. The highest BCUT2D eigenvalue weighted by Gasteiger charge is 2.05. The van der Waals surface area contributed by atoms with E-state index in [-0.39, 0.29) is 5.82 Å². The molecule has 4 nitrogen and oxygen atoms in total. The molecule has 0 aliphatic rings. The number of nitrogens with zero attached hydrogens (tertiary/aromatic N) is 1. The maximum atomic E-state index is 5.87. The minimum atomic E-state index is 0.260. The van der Waals surface area contributed by atoms with Gasteiger partial charge in [-0.25, -0.2) is 4.98 Å². The molecule has 0 bridgehead atoms. The van der Waals surface area contributed by atoms with Gasteiger partial charge in [0.2, 0.25) is 0 Å². The summed E-state index contributed by atoms with van der Waals surface area (Å²) in [6.45, 7) is 1.19. The largest absolute Gasteiger partial charge is 0.383 e. The third kappa shape index (κ3) is 2.90. The van der Waals surface area contributed by atoms with E-state index in [9.17, 15) is 0 Å². The molecule has 0 unspecified atom stereocenters. The number of methoxy groups -OCH3 is 1. The van der Waals surface area contributed by atoms with Gasteiger partial charge < -0.3 is 15.8 Å². The fourth-order valence-corrected chi connectivity index (χ4v) is 1.30. The Balaban J connectivity index is 2.72. The number of halogens is 2. The van der Waals surface area contributed by atoms with E-state index in [4.69, 9.17) is 33.7 Å². The van der Waals surface area contributed by atoms with Crippen molar-refractivity contribution in [1.82, 2.24) is 4.98 Å². The van der Waals surface area contributed by atoms with Crippen molar-refractivity contribution in [2.45, 2.75) is 0 Å². The van der Waals surface area contributed by atoms with Gasteiger partial charge in [-0.15, -0.1) is 0 Å². The Kier molecular flexibility index (Phi) is 4.25. The number of pyridine rings is 1. The number of hydrogen-bond acceptors (Lipinski definition) is 4. The van der Waals surface area contributed by atoms with Crippen molar-refractivity contribution < 1.29 is 4.74 Å². The summed E-state index contributed by atoms with van der Waals surface area (Å²) in [7, 11) is 1.62. The van der Waals surface area contributed by atoms with Crippen molar-refractivity contribution in [2.24, 2.45) is 0 Å². The molecule has 0 atom stereocenters. The SMILES string of the molecule is COCCNc1nc(N)c(Cl)cc1Cl. The molecule has 0 radical (unpaired) electrons. The summed E-state index contributed by atoms with van der Waals surface area (Å²) in [6, 6.07) is 1.56. The Hall–Kier alpha value is -0.710. The van der Waals surface area contributed by atoms with Crippen LogP contribution in [0.15, 0.2) is 6.07 Å². The van der Waals surface area contributed by atoms with Crippen molar-refractivity contribution in [1.29, 1.82) is 0 Å². The van der Waals surface area contributed by atoms with Crippen LogP contribution in [-0.4, -0.2) is 25.2 Å². The predicted octanol–water partition coefficient (Wildman–Crippen LogP) is 2.03. The summed E-state index contributed by atoms with van der Waals surface area (Å²) < 4.78 is 4.87. The lowest BCUT2D eigenvalue weighted by molar-refractivity contribution is 0.210. The summed E-state index contributed by atoms with van der Waals surface area (Å²) in [5, 5.41) is 3.77. The number of aromatic nitrogens is 1. The fraction of sp³-hybridized carbons (Fsp3) is 0.375. The predicted molar refractivity (Wildman–Crippen MR) is 59.0 cm³/mol. The molecule has 0 spiro atoms. The lowest BCUT2D eigenvalue weighted by Gasteiger charge is -2.08. The topological polar surface area (TPSA) is 60.2 Å². The van der Waals surface area contributed by atoms with Gasteiger partial charge in [0.1, 0.15) is 11.6 Å². The van der Waals surface area contributed by atoms with Gasteiger partial charge in [-0.1, -0.05) is 23.2 Å². The Bertz CT molecular complexity index is 320. The fourth-order valence-electron chi connectivity index (χ4n) is 0.876. The van der Waals surface area contributed by atoms with Crippen molar-refractivity contribution >= 4 is 34.8 Å². The second-order valence-electron chi connectivity index (χ2n) is 2.61. The third-order valence-corrected chi connectivity index (χ3v) is 2.15. The maximum Gasteiger partial charge on any atom is 0.147 e. The molecule has 0 fully saturated rings. The number of ether oxygens (including phenoxy) is 1. The quantitative estimate of drug-likeness (QED) is 0.785. The molecule has 78 valence electrons. The van der Waals surface area contributed by atoms with Gasteiger partial charge in [0, 0.05) is 13.7 Å². The highest BCUT2D eigenvalue weighted by molar-refractivity contribution is 6.37. The Morgan fingerprint density at radius 2 is 2.21 bits per heavy atom. The van der Waals surface area contributed by atoms with Gasteiger partial charge in [-0.3, -0.25) is 0 Å². The van der Waals surface area contributed by atoms with Crippen LogP contribution in [0.5, 0.6) is 0 Å². The molecule has 0 saturated heterocycles. The zero-order valence-electron chi connectivity index (χ0n) is 7.68. The first-order chi connectivity index (χ1) is 6.65. The van der Waals surface area contributed by atoms with Crippen LogP contribution in [0.25, 0.3) is 0 Å². The summed E-state index contributed by atoms with van der Waals surface area (Å²) in [4.78, 5) is 3.99. The van der Waals surface area contributed by atoms with Crippen LogP contribution in [0.1, 0.15) is 0 Å². The van der Waals surface area contributed by atoms with E-state index in [0.717, 1.165) is 0 Å². The van der Waals surface area contributed by atoms with E-state index in [2.05, 4.69) is 10.3 Å². The molecule has 6 heteroatoms. The zero-order chi connectivity index (χ0) is 10.6. The third-order valence-electron chi connectivity index (χ3n) is 1.56. The van der Waals surface area contributed by atoms with Crippen LogP contribution in [0.2, 0.25) is 10.0 Å². The van der Waals surface area contributed by atoms with Crippen molar-refractivity contribution in [3.8, 4) is 0 Å². The van der Waals surface area contributed by atoms with Crippen LogP contribution < -0.4 is 11.1 Å². The molecule has 0 saturated carbocycles. The van der Waals surface area contributed by atoms with E-state index in [0.29, 0.717) is 29.0 Å². The van der Waals surface area contributed by atoms with Gasteiger partial charge in [-0.05, 0) is 6.07 Å². The summed E-state index contributed by atoms with van der Waals surface area (Å²) in [6.07, 6.45) is 0. The van der Waals surface area contributed by atoms with Crippen LogP contribution >= 0.6 is 23.2 Å². The maximum absolute atomic E-state index is 5.87. The number of nitrogen functional groups attached to an aromatic ring is 1. The van der Waals surface area contributed by atoms with Gasteiger partial charge in [0.15, 0.2) is 0 Å². The van der Waals surface area contributed by atoms with E-state index in [1.807, 2.05) is 0 Å². The van der Waals surface area contributed by atoms with Crippen molar-refractivity contribution in [3.05, 3.63) is 16.1 Å². The molecule has 0 amide bonds. The van der Waals surface area contributed by atoms with Crippen LogP contribution in [0.4, 0.5) is 11.6 Å². The van der Waals surface area contributed by atoms with Crippen LogP contribution in [0.3, 0.4) is 0 Å². The summed E-state index contributed by atoms with van der Waals surface area (Å²) >= 11 is 11.6. The molecule has 1 aromatic heterocycles. The first kappa shape index (κ1) is 11.4. The number of rotatable bonds is 4. The zero-order valence-corrected chi connectivity index (χ0v) is 9.19. The molecule has 1 aromatic rings. The van der Waals surface area contributed by atoms with Crippen molar-refractivity contribution in [3.63, 3.8) is 0 Å². The molecule has 3 N–H and O–H groups in total. The average Bonchev–Trinajstić information content (AvgIpc) is 2.14. The average molecular weight is 236 g/mol. The highest BCUT2D eigenvalue weighted by atomic mass is 35.5. The van der Waals surface area contributed by atoms with Gasteiger partial charge in [-0.2, -0.15) is 0 Å². The van der Waals surface area contributed by atoms with Crippen LogP contribution in [0, 0.1) is 0 Å². The smallest absolute Gasteiger partial charge is 0.147 e. The normalized spacial score (nSPS) is 10.2. The first-order valence-corrected chi connectivity index (χ1v) is 4.75. The molecule has 0 aliphatic carbocycles. The van der Waals surface area contributed by atoms with Gasteiger partial charge >= 0.3 is 0 Å². The summed E-state index contributed by atoms with van der Waals surface area (Å²) in [5.74, 6) is 0.779. The molecular weight excluding hydrogens is 225 g/mol. The number of anilines is 2. The monoisotopic (exact) mass is 235 g/mol. The van der Waals surface area contributed by atoms with E-state index < -0.39 is 0 Å². The van der Waals surface area contributed by atoms with E-state index >= 15 is 0 Å². The minimum absolute atomic E-state index is 0.260. The summed E-state index contributed by atoms with van der Waals surface area (Å²) in [5.41, 5.74) is 5.52. The standard InChI is InChI=1S/C8H11Cl2N3O/c1-14-3-2-12-8-6(10)4-5(9)7(11)13-8/h4H,2-3H2,1H3,(H3,11,12,13). The lowest BCUT2D eigenvalue weighted by atomic mass is 10.4. The van der Waals surface area contributed by atoms with Gasteiger partial charge in [0.05, 0.1) is 16.7 Å². The Morgan fingerprint density at radius 3 is 2.86 bits per heavy atom. The lowest BCUT2D eigenvalue weighted by Crippen LogP contribution is -2.10. The van der Waals surface area contributed by atoms with Crippen LogP contribution in [-0.2, 0) is 4.74 Å². The number of nitrogens with two attached hydrogens (primary N) is 1. The number of hydrogen-bond donors (Lipinski definition) is 2. The van der Waals surface area contributed by atoms with Crippen molar-refractivity contribution in [2.75, 3.05) is 31.3 Å². The Labute approximate surface area is 92.4 Å². The highest BCUT2D eigenvalue weighted by Crippen LogP contribution is 2.26. The first-order valence-electron chi connectivity index (χ1n) is 3.99. The minimum Gasteiger partial charge on any atom is -0.383 e. The van der Waals surface area contributed by atoms with E-state index in [1.54, 1.807) is 13.2 Å². The van der Waals surface area contributed by atoms with E-state index in [1.165, 1.54) is 0 Å². The number of nitrogens with one attached hydrogen (secondary N) is 1.